The van der Waals surface area contributed by atoms with Crippen molar-refractivity contribution in [2.24, 2.45) is 0 Å². The second kappa shape index (κ2) is 7.83. The Morgan fingerprint density at radius 1 is 1.16 bits per heavy atom. The predicted octanol–water partition coefficient (Wildman–Crippen LogP) is 2.66. The normalized spacial score (nSPS) is 22.8. The lowest BCUT2D eigenvalue weighted by atomic mass is 10.0. The Bertz CT molecular complexity index is 1240. The van der Waals surface area contributed by atoms with Gasteiger partial charge in [0.15, 0.2) is 15.6 Å². The molecule has 3 aliphatic rings. The van der Waals surface area contributed by atoms with Crippen molar-refractivity contribution in [1.82, 2.24) is 4.90 Å². The summed E-state index contributed by atoms with van der Waals surface area (Å²) in [6.07, 6.45) is 2.22. The number of ketones is 1. The molecule has 1 fully saturated rings. The third-order valence-corrected chi connectivity index (χ3v) is 7.84. The molecular formula is C23H23NO7S. The van der Waals surface area contributed by atoms with E-state index in [-0.39, 0.29) is 29.1 Å². The number of ether oxygens (including phenoxy) is 4. The summed E-state index contributed by atoms with van der Waals surface area (Å²) in [6, 6.07) is 8.69. The Morgan fingerprint density at radius 2 is 2.00 bits per heavy atom. The molecule has 0 spiro atoms. The van der Waals surface area contributed by atoms with Crippen LogP contribution in [0.15, 0.2) is 36.1 Å². The number of rotatable bonds is 4. The molecule has 5 rings (SSSR count). The Balaban J connectivity index is 1.47. The maximum atomic E-state index is 13.1. The van der Waals surface area contributed by atoms with Crippen LogP contribution in [0.3, 0.4) is 0 Å². The van der Waals surface area contributed by atoms with E-state index in [1.165, 1.54) is 0 Å². The van der Waals surface area contributed by atoms with Crippen molar-refractivity contribution in [2.75, 3.05) is 32.5 Å². The minimum absolute atomic E-state index is 0.0998. The number of carbonyl (C=O) groups is 1. The molecule has 1 saturated heterocycles. The van der Waals surface area contributed by atoms with Gasteiger partial charge in [-0.2, -0.15) is 0 Å². The number of Topliss-reactive ketones (excluding diaryl/α,β-unsaturated/α-hetero) is 1. The number of fused-ring (bicyclic) bond motifs is 3. The van der Waals surface area contributed by atoms with Crippen LogP contribution in [0.4, 0.5) is 0 Å². The molecule has 0 bridgehead atoms. The summed E-state index contributed by atoms with van der Waals surface area (Å²) >= 11 is 0. The number of hydrogen-bond acceptors (Lipinski definition) is 8. The van der Waals surface area contributed by atoms with Gasteiger partial charge in [0, 0.05) is 18.2 Å². The van der Waals surface area contributed by atoms with Crippen molar-refractivity contribution >= 4 is 21.7 Å². The maximum Gasteiger partial charge on any atom is 0.231 e. The first-order chi connectivity index (χ1) is 15.4. The number of allylic oxidation sites excluding steroid dienone is 1. The van der Waals surface area contributed by atoms with Crippen LogP contribution in [0, 0.1) is 0 Å². The Hall–Kier alpha value is -3.04. The molecular weight excluding hydrogens is 434 g/mol. The molecule has 8 nitrogen and oxygen atoms in total. The average molecular weight is 458 g/mol. The molecule has 0 saturated carbocycles. The van der Waals surface area contributed by atoms with Crippen LogP contribution < -0.4 is 18.9 Å². The smallest absolute Gasteiger partial charge is 0.231 e. The van der Waals surface area contributed by atoms with E-state index in [0.717, 1.165) is 5.56 Å². The SMILES string of the molecule is COc1ccc(OC)c(/C=C2\Oc3c(ccc4c3CN(C3CCS(=O)(=O)C3)CO4)C2=O)c1. The quantitative estimate of drug-likeness (QED) is 0.648. The molecule has 0 N–H and O–H groups in total. The fraction of sp³-hybridized carbons (Fsp3) is 0.348. The minimum atomic E-state index is -3.01. The van der Waals surface area contributed by atoms with E-state index in [1.807, 2.05) is 4.90 Å². The number of hydrogen-bond donors (Lipinski definition) is 0. The molecule has 0 aromatic heterocycles. The maximum absolute atomic E-state index is 13.1. The van der Waals surface area contributed by atoms with Gasteiger partial charge in [0.1, 0.15) is 29.7 Å². The van der Waals surface area contributed by atoms with Gasteiger partial charge in [0.05, 0.1) is 36.9 Å². The van der Waals surface area contributed by atoms with Crippen LogP contribution in [0.25, 0.3) is 6.08 Å². The zero-order chi connectivity index (χ0) is 22.5. The average Bonchev–Trinajstić information content (AvgIpc) is 3.32. The molecule has 9 heteroatoms. The lowest BCUT2D eigenvalue weighted by Crippen LogP contribution is -2.41. The van der Waals surface area contributed by atoms with E-state index in [1.54, 1.807) is 50.6 Å². The summed E-state index contributed by atoms with van der Waals surface area (Å²) in [5, 5.41) is 0. The third-order valence-electron chi connectivity index (χ3n) is 6.09. The fourth-order valence-electron chi connectivity index (χ4n) is 4.37. The molecule has 2 aromatic rings. The Morgan fingerprint density at radius 3 is 2.72 bits per heavy atom. The minimum Gasteiger partial charge on any atom is -0.497 e. The number of benzene rings is 2. The topological polar surface area (TPSA) is 91.4 Å². The second-order valence-electron chi connectivity index (χ2n) is 8.04. The first-order valence-corrected chi connectivity index (χ1v) is 12.1. The van der Waals surface area contributed by atoms with Crippen molar-refractivity contribution in [3.63, 3.8) is 0 Å². The highest BCUT2D eigenvalue weighted by molar-refractivity contribution is 7.91. The predicted molar refractivity (Wildman–Crippen MR) is 117 cm³/mol. The lowest BCUT2D eigenvalue weighted by molar-refractivity contribution is 0.0634. The highest BCUT2D eigenvalue weighted by atomic mass is 32.2. The van der Waals surface area contributed by atoms with Gasteiger partial charge in [-0.3, -0.25) is 9.69 Å². The number of sulfone groups is 1. The highest BCUT2D eigenvalue weighted by Crippen LogP contribution is 2.43. The lowest BCUT2D eigenvalue weighted by Gasteiger charge is -2.33. The molecule has 32 heavy (non-hydrogen) atoms. The van der Waals surface area contributed by atoms with Crippen LogP contribution in [0.2, 0.25) is 0 Å². The van der Waals surface area contributed by atoms with Crippen LogP contribution in [0.1, 0.15) is 27.9 Å². The van der Waals surface area contributed by atoms with Gasteiger partial charge in [-0.05, 0) is 42.8 Å². The van der Waals surface area contributed by atoms with Crippen molar-refractivity contribution < 1.29 is 32.2 Å². The molecule has 1 unspecified atom stereocenters. The van der Waals surface area contributed by atoms with Crippen LogP contribution in [0.5, 0.6) is 23.0 Å². The first-order valence-electron chi connectivity index (χ1n) is 10.3. The molecule has 0 radical (unpaired) electrons. The van der Waals surface area contributed by atoms with Crippen LogP contribution in [-0.4, -0.2) is 57.6 Å². The number of nitrogens with zero attached hydrogens (tertiary/aromatic N) is 1. The van der Waals surface area contributed by atoms with Crippen molar-refractivity contribution in [2.45, 2.75) is 19.0 Å². The fourth-order valence-corrected chi connectivity index (χ4v) is 6.13. The zero-order valence-electron chi connectivity index (χ0n) is 17.8. The molecule has 0 amide bonds. The van der Waals surface area contributed by atoms with E-state index in [9.17, 15) is 13.2 Å². The molecule has 1 atom stereocenters. The van der Waals surface area contributed by atoms with Crippen molar-refractivity contribution in [3.8, 4) is 23.0 Å². The van der Waals surface area contributed by atoms with Crippen molar-refractivity contribution in [3.05, 3.63) is 52.8 Å². The van der Waals surface area contributed by atoms with Crippen LogP contribution >= 0.6 is 0 Å². The largest absolute Gasteiger partial charge is 0.497 e. The molecule has 3 heterocycles. The number of carbonyl (C=O) groups excluding carboxylic acids is 1. The molecule has 168 valence electrons. The van der Waals surface area contributed by atoms with Gasteiger partial charge in [-0.25, -0.2) is 8.42 Å². The van der Waals surface area contributed by atoms with Gasteiger partial charge in [-0.1, -0.05) is 0 Å². The summed E-state index contributed by atoms with van der Waals surface area (Å²) in [7, 11) is 0.114. The summed E-state index contributed by atoms with van der Waals surface area (Å²) in [4.78, 5) is 15.1. The van der Waals surface area contributed by atoms with E-state index in [4.69, 9.17) is 18.9 Å². The monoisotopic (exact) mass is 457 g/mol. The van der Waals surface area contributed by atoms with Gasteiger partial charge in [-0.15, -0.1) is 0 Å². The summed E-state index contributed by atoms with van der Waals surface area (Å²) < 4.78 is 46.4. The number of methoxy groups -OCH3 is 2. The van der Waals surface area contributed by atoms with Gasteiger partial charge in [0.2, 0.25) is 5.78 Å². The summed E-state index contributed by atoms with van der Waals surface area (Å²) in [6.45, 7) is 0.769. The Labute approximate surface area is 186 Å². The van der Waals surface area contributed by atoms with Crippen LogP contribution in [-0.2, 0) is 16.4 Å². The van der Waals surface area contributed by atoms with E-state index < -0.39 is 9.84 Å². The first kappa shape index (κ1) is 20.8. The Kier molecular flexibility index (Phi) is 5.10. The molecule has 2 aromatic carbocycles. The second-order valence-corrected chi connectivity index (χ2v) is 10.3. The zero-order valence-corrected chi connectivity index (χ0v) is 18.6. The standard InChI is InChI=1S/C23H23NO7S/c1-28-16-3-5-19(29-2)14(9-16)10-21-22(25)17-4-6-20-18(23(17)31-21)11-24(13-30-20)15-7-8-32(26,27)12-15/h3-6,9-10,15H,7-8,11-13H2,1-2H3/b21-10-. The molecule has 0 aliphatic carbocycles. The van der Waals surface area contributed by atoms with Gasteiger partial charge < -0.3 is 18.9 Å². The van der Waals surface area contributed by atoms with Gasteiger partial charge in [0.25, 0.3) is 0 Å². The van der Waals surface area contributed by atoms with E-state index in [2.05, 4.69) is 0 Å². The summed E-state index contributed by atoms with van der Waals surface area (Å²) in [5.41, 5.74) is 1.87. The highest BCUT2D eigenvalue weighted by Gasteiger charge is 2.38. The van der Waals surface area contributed by atoms with Gasteiger partial charge >= 0.3 is 0 Å². The van der Waals surface area contributed by atoms with E-state index >= 15 is 0 Å². The van der Waals surface area contributed by atoms with Crippen molar-refractivity contribution in [1.29, 1.82) is 0 Å². The molecule has 3 aliphatic heterocycles. The summed E-state index contributed by atoms with van der Waals surface area (Å²) in [5.74, 6) is 2.60. The van der Waals surface area contributed by atoms with E-state index in [0.29, 0.717) is 53.8 Å². The third kappa shape index (κ3) is 3.61.